The Morgan fingerprint density at radius 3 is 2.81 bits per heavy atom. The van der Waals surface area contributed by atoms with Crippen LogP contribution in [0, 0.1) is 22.0 Å². The average Bonchev–Trinajstić information content (AvgIpc) is 3.17. The smallest absolute Gasteiger partial charge is 0.284 e. The van der Waals surface area contributed by atoms with E-state index in [1.54, 1.807) is 41.8 Å². The topological polar surface area (TPSA) is 65.3 Å². The van der Waals surface area contributed by atoms with Crippen molar-refractivity contribution in [2.75, 3.05) is 6.61 Å². The summed E-state index contributed by atoms with van der Waals surface area (Å²) in [6.07, 6.45) is 1.22. The highest BCUT2D eigenvalue weighted by Crippen LogP contribution is 2.32. The zero-order chi connectivity index (χ0) is 18.4. The number of hydrogen-bond donors (Lipinski definition) is 0. The molecule has 0 spiro atoms. The molecule has 0 amide bonds. The number of nitrogens with zero attached hydrogens (tertiary/aromatic N) is 2. The summed E-state index contributed by atoms with van der Waals surface area (Å²) in [5, 5.41) is 13.4. The van der Waals surface area contributed by atoms with Gasteiger partial charge in [0.25, 0.3) is 5.69 Å². The summed E-state index contributed by atoms with van der Waals surface area (Å²) in [5.41, 5.74) is 1.09. The zero-order valence-corrected chi connectivity index (χ0v) is 15.0. The van der Waals surface area contributed by atoms with E-state index < -0.39 is 11.0 Å². The number of nitro benzene ring substituents is 1. The fourth-order valence-corrected chi connectivity index (χ4v) is 3.36. The van der Waals surface area contributed by atoms with Crippen LogP contribution in [0.4, 0.5) is 5.69 Å². The summed E-state index contributed by atoms with van der Waals surface area (Å²) in [4.78, 5) is 15.7. The van der Waals surface area contributed by atoms with E-state index in [1.807, 2.05) is 23.6 Å². The lowest BCUT2D eigenvalue weighted by Gasteiger charge is -2.16. The molecule has 0 radical (unpaired) electrons. The molecule has 130 valence electrons. The molecule has 3 rings (SSSR count). The van der Waals surface area contributed by atoms with Crippen molar-refractivity contribution in [1.82, 2.24) is 4.98 Å². The Hall–Kier alpha value is -2.72. The van der Waals surface area contributed by atoms with Crippen LogP contribution in [0.3, 0.4) is 0 Å². The third-order valence-corrected chi connectivity index (χ3v) is 4.75. The summed E-state index contributed by atoms with van der Waals surface area (Å²) in [6, 6.07) is 13.9. The molecule has 0 saturated heterocycles. The Morgan fingerprint density at radius 1 is 1.23 bits per heavy atom. The molecule has 1 atom stereocenters. The number of halogens is 1. The lowest BCUT2D eigenvalue weighted by Crippen LogP contribution is -2.06. The highest BCUT2D eigenvalue weighted by molar-refractivity contribution is 7.10. The first-order valence-corrected chi connectivity index (χ1v) is 8.90. The van der Waals surface area contributed by atoms with E-state index in [0.29, 0.717) is 10.7 Å². The number of nitro groups is 1. The summed E-state index contributed by atoms with van der Waals surface area (Å²) in [6.45, 7) is 0.0971. The maximum absolute atomic E-state index is 11.0. The van der Waals surface area contributed by atoms with E-state index in [4.69, 9.17) is 16.3 Å². The molecule has 0 fully saturated rings. The normalized spacial score (nSPS) is 11.4. The largest absolute Gasteiger partial charge is 0.355 e. The van der Waals surface area contributed by atoms with Crippen LogP contribution in [0.1, 0.15) is 22.1 Å². The SMILES string of the molecule is O=[N+]([O-])c1ccccc1C#CCOC(c1cccs1)c1cccnc1Cl. The molecule has 0 aliphatic carbocycles. The van der Waals surface area contributed by atoms with Crippen LogP contribution >= 0.6 is 22.9 Å². The minimum atomic E-state index is -0.450. The van der Waals surface area contributed by atoms with Gasteiger partial charge in [-0.3, -0.25) is 10.1 Å². The Bertz CT molecular complexity index is 964. The van der Waals surface area contributed by atoms with E-state index in [0.717, 1.165) is 10.4 Å². The van der Waals surface area contributed by atoms with Gasteiger partial charge in [-0.25, -0.2) is 4.98 Å². The van der Waals surface area contributed by atoms with Crippen LogP contribution in [0.15, 0.2) is 60.1 Å². The molecule has 0 aliphatic heterocycles. The predicted octanol–water partition coefficient (Wildman–Crippen LogP) is 4.86. The number of aromatic nitrogens is 1. The van der Waals surface area contributed by atoms with E-state index in [2.05, 4.69) is 16.8 Å². The van der Waals surface area contributed by atoms with Crippen LogP contribution in [0.2, 0.25) is 5.15 Å². The van der Waals surface area contributed by atoms with Gasteiger partial charge >= 0.3 is 0 Å². The van der Waals surface area contributed by atoms with E-state index in [1.165, 1.54) is 6.07 Å². The molecule has 5 nitrogen and oxygen atoms in total. The molecule has 0 N–H and O–H groups in total. The molecule has 1 unspecified atom stereocenters. The van der Waals surface area contributed by atoms with Gasteiger partial charge in [-0.1, -0.05) is 47.7 Å². The summed E-state index contributed by atoms with van der Waals surface area (Å²) in [5.74, 6) is 5.64. The second kappa shape index (κ2) is 8.59. The minimum Gasteiger partial charge on any atom is -0.355 e. The first-order valence-electron chi connectivity index (χ1n) is 7.64. The number of ether oxygens (including phenoxy) is 1. The Kier molecular flexibility index (Phi) is 5.97. The monoisotopic (exact) mass is 384 g/mol. The first-order chi connectivity index (χ1) is 12.7. The summed E-state index contributed by atoms with van der Waals surface area (Å²) in [7, 11) is 0. The van der Waals surface area contributed by atoms with Gasteiger partial charge in [0.1, 0.15) is 23.4 Å². The second-order valence-electron chi connectivity index (χ2n) is 5.17. The third kappa shape index (κ3) is 4.27. The van der Waals surface area contributed by atoms with Crippen LogP contribution in [-0.2, 0) is 4.74 Å². The molecular weight excluding hydrogens is 372 g/mol. The van der Waals surface area contributed by atoms with Crippen molar-refractivity contribution in [3.8, 4) is 11.8 Å². The minimum absolute atomic E-state index is 0.0230. The van der Waals surface area contributed by atoms with Gasteiger partial charge in [0.15, 0.2) is 0 Å². The van der Waals surface area contributed by atoms with Crippen molar-refractivity contribution >= 4 is 28.6 Å². The molecular formula is C19H13ClN2O3S. The molecule has 3 aromatic rings. The number of benzene rings is 1. The molecule has 2 heterocycles. The van der Waals surface area contributed by atoms with Crippen molar-refractivity contribution in [3.05, 3.63) is 91.4 Å². The lowest BCUT2D eigenvalue weighted by atomic mass is 10.1. The van der Waals surface area contributed by atoms with Crippen LogP contribution in [0.25, 0.3) is 0 Å². The first kappa shape index (κ1) is 18.1. The standard InChI is InChI=1S/C19H13ClN2O3S/c20-19-15(8-3-11-21-19)18(17-10-5-13-26-17)25-12-4-7-14-6-1-2-9-16(14)22(23)24/h1-3,5-6,8-11,13,18H,12H2. The van der Waals surface area contributed by atoms with Crippen molar-refractivity contribution in [2.24, 2.45) is 0 Å². The van der Waals surface area contributed by atoms with Gasteiger partial charge < -0.3 is 4.74 Å². The van der Waals surface area contributed by atoms with Gasteiger partial charge in [-0.15, -0.1) is 11.3 Å². The van der Waals surface area contributed by atoms with Crippen LogP contribution in [0.5, 0.6) is 0 Å². The van der Waals surface area contributed by atoms with Crippen molar-refractivity contribution in [1.29, 1.82) is 0 Å². The maximum atomic E-state index is 11.0. The van der Waals surface area contributed by atoms with Gasteiger partial charge in [0, 0.05) is 22.7 Å². The summed E-state index contributed by atoms with van der Waals surface area (Å²) >= 11 is 7.75. The van der Waals surface area contributed by atoms with Crippen molar-refractivity contribution in [3.63, 3.8) is 0 Å². The number of para-hydroxylation sites is 1. The third-order valence-electron chi connectivity index (χ3n) is 3.52. The number of hydrogen-bond acceptors (Lipinski definition) is 5. The molecule has 2 aromatic heterocycles. The fourth-order valence-electron chi connectivity index (χ4n) is 2.35. The second-order valence-corrected chi connectivity index (χ2v) is 6.50. The average molecular weight is 385 g/mol. The van der Waals surface area contributed by atoms with Gasteiger partial charge in [-0.2, -0.15) is 0 Å². The fraction of sp³-hybridized carbons (Fsp3) is 0.105. The zero-order valence-electron chi connectivity index (χ0n) is 13.5. The Balaban J connectivity index is 1.79. The van der Waals surface area contributed by atoms with E-state index in [9.17, 15) is 10.1 Å². The van der Waals surface area contributed by atoms with Crippen LogP contribution in [-0.4, -0.2) is 16.5 Å². The molecule has 0 bridgehead atoms. The Labute approximate surface area is 159 Å². The highest BCUT2D eigenvalue weighted by Gasteiger charge is 2.19. The number of pyridine rings is 1. The highest BCUT2D eigenvalue weighted by atomic mass is 35.5. The maximum Gasteiger partial charge on any atom is 0.284 e. The Morgan fingerprint density at radius 2 is 2.08 bits per heavy atom. The van der Waals surface area contributed by atoms with Gasteiger partial charge in [0.05, 0.1) is 4.92 Å². The molecule has 7 heteroatoms. The lowest BCUT2D eigenvalue weighted by molar-refractivity contribution is -0.385. The van der Waals surface area contributed by atoms with Gasteiger partial charge in [0.2, 0.25) is 0 Å². The van der Waals surface area contributed by atoms with E-state index >= 15 is 0 Å². The molecule has 1 aromatic carbocycles. The van der Waals surface area contributed by atoms with Gasteiger partial charge in [-0.05, 0) is 23.6 Å². The van der Waals surface area contributed by atoms with Crippen LogP contribution < -0.4 is 0 Å². The summed E-state index contributed by atoms with van der Waals surface area (Å²) < 4.78 is 5.92. The predicted molar refractivity (Wildman–Crippen MR) is 101 cm³/mol. The van der Waals surface area contributed by atoms with Crippen molar-refractivity contribution < 1.29 is 9.66 Å². The van der Waals surface area contributed by atoms with E-state index in [-0.39, 0.29) is 12.3 Å². The molecule has 0 saturated carbocycles. The number of rotatable bonds is 5. The molecule has 26 heavy (non-hydrogen) atoms. The van der Waals surface area contributed by atoms with Crippen molar-refractivity contribution in [2.45, 2.75) is 6.10 Å². The molecule has 0 aliphatic rings. The number of thiophene rings is 1. The quantitative estimate of drug-likeness (QED) is 0.272.